The first kappa shape index (κ1) is 16.7. The summed E-state index contributed by atoms with van der Waals surface area (Å²) in [5.41, 5.74) is 0.941. The summed E-state index contributed by atoms with van der Waals surface area (Å²) in [6.45, 7) is 2.52. The lowest BCUT2D eigenvalue weighted by atomic mass is 10.1. The minimum Gasteiger partial charge on any atom is -0.381 e. The third-order valence-electron chi connectivity index (χ3n) is 4.71. The molecule has 1 spiro atoms. The number of benzene rings is 1. The first-order chi connectivity index (χ1) is 12.2. The minimum atomic E-state index is -0.485. The lowest BCUT2D eigenvalue weighted by Gasteiger charge is -2.31. The minimum absolute atomic E-state index is 0.0315. The number of imidazole rings is 1. The van der Waals surface area contributed by atoms with Crippen LogP contribution in [-0.4, -0.2) is 48.2 Å². The summed E-state index contributed by atoms with van der Waals surface area (Å²) >= 11 is 0. The van der Waals surface area contributed by atoms with Gasteiger partial charge in [-0.25, -0.2) is 9.37 Å². The van der Waals surface area contributed by atoms with E-state index in [1.165, 1.54) is 12.1 Å². The Hall–Kier alpha value is -1.80. The summed E-state index contributed by atoms with van der Waals surface area (Å²) in [4.78, 5) is 7.47. The number of aromatic nitrogens is 2. The molecule has 3 heterocycles. The molecule has 0 radical (unpaired) electrons. The third kappa shape index (κ3) is 3.74. The number of rotatable bonds is 5. The van der Waals surface area contributed by atoms with Crippen LogP contribution in [-0.2, 0) is 14.2 Å². The number of nitrogens with zero attached hydrogens (tertiary/aromatic N) is 1. The van der Waals surface area contributed by atoms with E-state index in [-0.39, 0.29) is 18.0 Å². The number of ether oxygens (including phenoxy) is 3. The number of nitrogens with one attached hydrogen (secondary N) is 2. The first-order valence-corrected chi connectivity index (χ1v) is 8.62. The average molecular weight is 347 g/mol. The van der Waals surface area contributed by atoms with E-state index in [1.807, 2.05) is 0 Å². The summed E-state index contributed by atoms with van der Waals surface area (Å²) < 4.78 is 30.7. The highest BCUT2D eigenvalue weighted by Crippen LogP contribution is 2.33. The molecule has 0 unspecified atom stereocenters. The highest BCUT2D eigenvalue weighted by molar-refractivity contribution is 5.25. The molecule has 25 heavy (non-hydrogen) atoms. The van der Waals surface area contributed by atoms with Crippen molar-refractivity contribution in [2.24, 2.45) is 0 Å². The molecule has 0 bridgehead atoms. The number of hydrogen-bond donors (Lipinski definition) is 2. The second-order valence-corrected chi connectivity index (χ2v) is 6.44. The van der Waals surface area contributed by atoms with Crippen LogP contribution in [0.4, 0.5) is 4.39 Å². The molecule has 1 aromatic heterocycles. The lowest BCUT2D eigenvalue weighted by molar-refractivity contribution is -0.210. The summed E-state index contributed by atoms with van der Waals surface area (Å²) in [7, 11) is 0. The molecule has 0 saturated carbocycles. The number of H-pyrrole nitrogens is 1. The Morgan fingerprint density at radius 1 is 1.28 bits per heavy atom. The highest BCUT2D eigenvalue weighted by atomic mass is 19.1. The molecule has 4 rings (SSSR count). The normalized spacial score (nSPS) is 23.8. The van der Waals surface area contributed by atoms with E-state index in [2.05, 4.69) is 15.3 Å². The van der Waals surface area contributed by atoms with Gasteiger partial charge in [-0.3, -0.25) is 0 Å². The van der Waals surface area contributed by atoms with Crippen LogP contribution in [0.5, 0.6) is 0 Å². The van der Waals surface area contributed by atoms with E-state index in [0.29, 0.717) is 26.4 Å². The zero-order valence-electron chi connectivity index (χ0n) is 13.9. The molecule has 0 amide bonds. The maximum atomic E-state index is 13.2. The molecule has 2 aliphatic rings. The smallest absolute Gasteiger partial charge is 0.173 e. The van der Waals surface area contributed by atoms with Gasteiger partial charge in [0.2, 0.25) is 0 Å². The van der Waals surface area contributed by atoms with Gasteiger partial charge in [0.05, 0.1) is 32.0 Å². The Labute approximate surface area is 145 Å². The maximum absolute atomic E-state index is 13.2. The van der Waals surface area contributed by atoms with Crippen molar-refractivity contribution < 1.29 is 18.6 Å². The second-order valence-electron chi connectivity index (χ2n) is 6.44. The Bertz CT molecular complexity index is 671. The van der Waals surface area contributed by atoms with Gasteiger partial charge in [-0.1, -0.05) is 12.1 Å². The third-order valence-corrected chi connectivity index (χ3v) is 4.71. The van der Waals surface area contributed by atoms with Gasteiger partial charge in [-0.05, 0) is 17.7 Å². The van der Waals surface area contributed by atoms with Crippen LogP contribution in [0.15, 0.2) is 36.7 Å². The zero-order valence-corrected chi connectivity index (χ0v) is 13.9. The Kier molecular flexibility index (Phi) is 4.80. The van der Waals surface area contributed by atoms with Crippen LogP contribution < -0.4 is 5.32 Å². The van der Waals surface area contributed by atoms with Crippen molar-refractivity contribution in [2.45, 2.75) is 30.8 Å². The van der Waals surface area contributed by atoms with E-state index in [9.17, 15) is 4.39 Å². The second kappa shape index (κ2) is 7.21. The van der Waals surface area contributed by atoms with E-state index < -0.39 is 5.79 Å². The molecular formula is C18H22FN3O3. The fourth-order valence-electron chi connectivity index (χ4n) is 3.37. The molecule has 6 nitrogen and oxygen atoms in total. The van der Waals surface area contributed by atoms with Gasteiger partial charge in [0.25, 0.3) is 0 Å². The average Bonchev–Trinajstić information content (AvgIpc) is 3.29. The number of halogens is 1. The van der Waals surface area contributed by atoms with Crippen LogP contribution in [0.1, 0.15) is 30.3 Å². The highest BCUT2D eigenvalue weighted by Gasteiger charge is 2.42. The molecule has 1 aromatic carbocycles. The van der Waals surface area contributed by atoms with Gasteiger partial charge in [-0.2, -0.15) is 0 Å². The van der Waals surface area contributed by atoms with Crippen LogP contribution >= 0.6 is 0 Å². The SMILES string of the molecule is Fc1ccc([C@@H](NC[C@H]2COC3(CCOCC3)O2)c2ncc[nH]2)cc1. The van der Waals surface area contributed by atoms with Crippen molar-refractivity contribution in [3.8, 4) is 0 Å². The molecule has 2 atom stereocenters. The van der Waals surface area contributed by atoms with Gasteiger partial charge in [-0.15, -0.1) is 0 Å². The zero-order chi connectivity index (χ0) is 17.1. The predicted molar refractivity (Wildman–Crippen MR) is 88.4 cm³/mol. The van der Waals surface area contributed by atoms with E-state index >= 15 is 0 Å². The van der Waals surface area contributed by atoms with Gasteiger partial charge in [0.1, 0.15) is 11.6 Å². The van der Waals surface area contributed by atoms with E-state index in [1.54, 1.807) is 24.5 Å². The largest absolute Gasteiger partial charge is 0.381 e. The summed E-state index contributed by atoms with van der Waals surface area (Å²) in [5.74, 6) is 0.0444. The number of aromatic amines is 1. The monoisotopic (exact) mass is 347 g/mol. The van der Waals surface area contributed by atoms with Gasteiger partial charge in [0, 0.05) is 31.8 Å². The van der Waals surface area contributed by atoms with Crippen molar-refractivity contribution in [1.82, 2.24) is 15.3 Å². The fourth-order valence-corrected chi connectivity index (χ4v) is 3.37. The van der Waals surface area contributed by atoms with Crippen LogP contribution in [0, 0.1) is 5.82 Å². The fraction of sp³-hybridized carbons (Fsp3) is 0.500. The van der Waals surface area contributed by atoms with Crippen molar-refractivity contribution in [1.29, 1.82) is 0 Å². The Morgan fingerprint density at radius 3 is 2.80 bits per heavy atom. The predicted octanol–water partition coefficient (Wildman–Crippen LogP) is 2.15. The van der Waals surface area contributed by atoms with Gasteiger partial charge in [0.15, 0.2) is 5.79 Å². The van der Waals surface area contributed by atoms with Crippen LogP contribution in [0.25, 0.3) is 0 Å². The molecule has 2 fully saturated rings. The molecule has 7 heteroatoms. The quantitative estimate of drug-likeness (QED) is 0.867. The molecule has 0 aliphatic carbocycles. The van der Waals surface area contributed by atoms with Crippen LogP contribution in [0.3, 0.4) is 0 Å². The van der Waals surface area contributed by atoms with Crippen molar-refractivity contribution in [2.75, 3.05) is 26.4 Å². The standard InChI is InChI=1S/C18H22FN3O3/c19-14-3-1-13(2-4-14)16(17-20-7-8-21-17)22-11-15-12-24-18(25-15)5-9-23-10-6-18/h1-4,7-8,15-16,22H,5-6,9-12H2,(H,20,21)/t15-,16+/m0/s1. The van der Waals surface area contributed by atoms with Crippen molar-refractivity contribution in [3.63, 3.8) is 0 Å². The molecule has 134 valence electrons. The molecule has 2 saturated heterocycles. The summed E-state index contributed by atoms with van der Waals surface area (Å²) in [6, 6.07) is 6.28. The molecule has 2 N–H and O–H groups in total. The summed E-state index contributed by atoms with van der Waals surface area (Å²) in [6.07, 6.45) is 4.99. The Balaban J connectivity index is 1.42. The molecular weight excluding hydrogens is 325 g/mol. The summed E-state index contributed by atoms with van der Waals surface area (Å²) in [5, 5.41) is 3.47. The van der Waals surface area contributed by atoms with Gasteiger partial charge >= 0.3 is 0 Å². The first-order valence-electron chi connectivity index (χ1n) is 8.62. The van der Waals surface area contributed by atoms with E-state index in [4.69, 9.17) is 14.2 Å². The molecule has 2 aliphatic heterocycles. The topological polar surface area (TPSA) is 68.4 Å². The Morgan fingerprint density at radius 2 is 2.08 bits per heavy atom. The molecule has 2 aromatic rings. The van der Waals surface area contributed by atoms with Crippen molar-refractivity contribution >= 4 is 0 Å². The van der Waals surface area contributed by atoms with Crippen molar-refractivity contribution in [3.05, 3.63) is 53.9 Å². The maximum Gasteiger partial charge on any atom is 0.173 e. The van der Waals surface area contributed by atoms with E-state index in [0.717, 1.165) is 24.2 Å². The lowest BCUT2D eigenvalue weighted by Crippen LogP contribution is -2.39. The number of hydrogen-bond acceptors (Lipinski definition) is 5. The van der Waals surface area contributed by atoms with Crippen LogP contribution in [0.2, 0.25) is 0 Å². The van der Waals surface area contributed by atoms with Gasteiger partial charge < -0.3 is 24.5 Å².